The predicted octanol–water partition coefficient (Wildman–Crippen LogP) is 0.280. The molecule has 5 heteroatoms. The van der Waals surface area contributed by atoms with Gasteiger partial charge in [-0.3, -0.25) is 9.89 Å². The molecule has 0 aliphatic rings. The molecule has 0 unspecified atom stereocenters. The Labute approximate surface area is 75.8 Å². The lowest BCUT2D eigenvalue weighted by atomic mass is 10.2. The van der Waals surface area contributed by atoms with Crippen LogP contribution in [0.3, 0.4) is 0 Å². The first kappa shape index (κ1) is 9.26. The Hall–Kier alpha value is -1.83. The van der Waals surface area contributed by atoms with Gasteiger partial charge in [0.2, 0.25) is 0 Å². The number of carbonyl (C=O) groups excluding carboxylic acids is 1. The summed E-state index contributed by atoms with van der Waals surface area (Å²) in [7, 11) is 0. The van der Waals surface area contributed by atoms with E-state index in [1.54, 1.807) is 6.92 Å². The molecule has 0 radical (unpaired) electrons. The summed E-state index contributed by atoms with van der Waals surface area (Å²) in [6.45, 7) is 3.65. The largest absolute Gasteiger partial charge is 0.338 e. The van der Waals surface area contributed by atoms with E-state index >= 15 is 0 Å². The van der Waals surface area contributed by atoms with Gasteiger partial charge in [-0.05, 0) is 13.8 Å². The summed E-state index contributed by atoms with van der Waals surface area (Å²) in [6, 6.07) is 1.82. The zero-order chi connectivity index (χ0) is 9.84. The number of rotatable bonds is 2. The standard InChI is InChI=1S/C8H10N4O/c1-5-6(2)11-12-7(5)8(13)10-4-3-9/h4H2,1-2H3,(H,10,13)(H,11,12). The van der Waals surface area contributed by atoms with Gasteiger partial charge < -0.3 is 5.32 Å². The van der Waals surface area contributed by atoms with Crippen LogP contribution in [-0.4, -0.2) is 22.6 Å². The summed E-state index contributed by atoms with van der Waals surface area (Å²) in [6.07, 6.45) is 0. The van der Waals surface area contributed by atoms with Gasteiger partial charge in [0, 0.05) is 11.3 Å². The number of aryl methyl sites for hydroxylation is 1. The van der Waals surface area contributed by atoms with Crippen LogP contribution in [0.5, 0.6) is 0 Å². The number of nitrogens with zero attached hydrogens (tertiary/aromatic N) is 2. The van der Waals surface area contributed by atoms with Crippen molar-refractivity contribution in [2.75, 3.05) is 6.54 Å². The SMILES string of the molecule is Cc1[nH]nc(C(=O)NCC#N)c1C. The summed E-state index contributed by atoms with van der Waals surface area (Å²) in [4.78, 5) is 11.3. The average Bonchev–Trinajstić information content (AvgIpc) is 2.44. The molecule has 2 N–H and O–H groups in total. The molecule has 13 heavy (non-hydrogen) atoms. The van der Waals surface area contributed by atoms with Gasteiger partial charge in [-0.15, -0.1) is 0 Å². The van der Waals surface area contributed by atoms with Crippen LogP contribution >= 0.6 is 0 Å². The highest BCUT2D eigenvalue weighted by atomic mass is 16.1. The van der Waals surface area contributed by atoms with Crippen LogP contribution in [0.25, 0.3) is 0 Å². The predicted molar refractivity (Wildman–Crippen MR) is 46.0 cm³/mol. The second-order valence-electron chi connectivity index (χ2n) is 2.66. The first-order chi connectivity index (χ1) is 6.16. The molecular weight excluding hydrogens is 168 g/mol. The van der Waals surface area contributed by atoms with Crippen molar-refractivity contribution < 1.29 is 4.79 Å². The summed E-state index contributed by atoms with van der Waals surface area (Å²) in [5.74, 6) is -0.316. The first-order valence-corrected chi connectivity index (χ1v) is 3.83. The number of nitrogens with one attached hydrogen (secondary N) is 2. The van der Waals surface area contributed by atoms with E-state index in [1.165, 1.54) is 0 Å². The lowest BCUT2D eigenvalue weighted by Crippen LogP contribution is -2.24. The van der Waals surface area contributed by atoms with E-state index in [0.717, 1.165) is 11.3 Å². The van der Waals surface area contributed by atoms with Crippen molar-refractivity contribution in [3.05, 3.63) is 17.0 Å². The van der Waals surface area contributed by atoms with Gasteiger partial charge in [0.1, 0.15) is 6.54 Å². The van der Waals surface area contributed by atoms with E-state index in [4.69, 9.17) is 5.26 Å². The number of H-pyrrole nitrogens is 1. The van der Waals surface area contributed by atoms with Gasteiger partial charge in [0.15, 0.2) is 5.69 Å². The summed E-state index contributed by atoms with van der Waals surface area (Å²) in [5.41, 5.74) is 2.03. The molecular formula is C8H10N4O. The lowest BCUT2D eigenvalue weighted by Gasteiger charge is -1.97. The van der Waals surface area contributed by atoms with E-state index in [1.807, 2.05) is 13.0 Å². The molecule has 1 heterocycles. The molecule has 0 bridgehead atoms. The van der Waals surface area contributed by atoms with Gasteiger partial charge >= 0.3 is 0 Å². The maximum atomic E-state index is 11.3. The second kappa shape index (κ2) is 3.72. The van der Waals surface area contributed by atoms with Gasteiger partial charge in [-0.25, -0.2) is 0 Å². The molecule has 0 aliphatic heterocycles. The van der Waals surface area contributed by atoms with Crippen LogP contribution in [0.1, 0.15) is 21.7 Å². The number of aromatic nitrogens is 2. The molecule has 0 fully saturated rings. The third-order valence-corrected chi connectivity index (χ3v) is 1.80. The molecule has 0 aliphatic carbocycles. The third kappa shape index (κ3) is 1.85. The van der Waals surface area contributed by atoms with Crippen molar-refractivity contribution >= 4 is 5.91 Å². The molecule has 1 aromatic heterocycles. The number of amides is 1. The normalized spacial score (nSPS) is 9.31. The number of aromatic amines is 1. The third-order valence-electron chi connectivity index (χ3n) is 1.80. The second-order valence-corrected chi connectivity index (χ2v) is 2.66. The fraction of sp³-hybridized carbons (Fsp3) is 0.375. The lowest BCUT2D eigenvalue weighted by molar-refractivity contribution is 0.0953. The molecule has 0 saturated heterocycles. The van der Waals surface area contributed by atoms with Crippen molar-refractivity contribution in [1.82, 2.24) is 15.5 Å². The fourth-order valence-electron chi connectivity index (χ4n) is 0.910. The van der Waals surface area contributed by atoms with E-state index in [0.29, 0.717) is 5.69 Å². The summed E-state index contributed by atoms with van der Waals surface area (Å²) >= 11 is 0. The van der Waals surface area contributed by atoms with Crippen molar-refractivity contribution in [1.29, 1.82) is 5.26 Å². The maximum absolute atomic E-state index is 11.3. The molecule has 0 aromatic carbocycles. The zero-order valence-corrected chi connectivity index (χ0v) is 7.51. The van der Waals surface area contributed by atoms with Crippen LogP contribution in [0, 0.1) is 25.2 Å². The minimum absolute atomic E-state index is 0.00415. The highest BCUT2D eigenvalue weighted by Crippen LogP contribution is 2.07. The van der Waals surface area contributed by atoms with E-state index in [-0.39, 0.29) is 12.5 Å². The maximum Gasteiger partial charge on any atom is 0.272 e. The van der Waals surface area contributed by atoms with Crippen molar-refractivity contribution in [3.8, 4) is 6.07 Å². The van der Waals surface area contributed by atoms with Crippen molar-refractivity contribution in [2.45, 2.75) is 13.8 Å². The minimum Gasteiger partial charge on any atom is -0.338 e. The number of hydrogen-bond donors (Lipinski definition) is 2. The van der Waals surface area contributed by atoms with E-state index < -0.39 is 0 Å². The number of carbonyl (C=O) groups is 1. The van der Waals surface area contributed by atoms with Gasteiger partial charge in [-0.1, -0.05) is 0 Å². The Bertz CT molecular complexity index is 361. The molecule has 1 rings (SSSR count). The number of hydrogen-bond acceptors (Lipinski definition) is 3. The quantitative estimate of drug-likeness (QED) is 0.638. The summed E-state index contributed by atoms with van der Waals surface area (Å²) < 4.78 is 0. The Morgan fingerprint density at radius 1 is 1.69 bits per heavy atom. The van der Waals surface area contributed by atoms with Crippen molar-refractivity contribution in [2.24, 2.45) is 0 Å². The van der Waals surface area contributed by atoms with Crippen LogP contribution in [0.15, 0.2) is 0 Å². The molecule has 0 saturated carbocycles. The minimum atomic E-state index is -0.316. The fourth-order valence-corrected chi connectivity index (χ4v) is 0.910. The topological polar surface area (TPSA) is 81.6 Å². The highest BCUT2D eigenvalue weighted by molar-refractivity contribution is 5.93. The summed E-state index contributed by atoms with van der Waals surface area (Å²) in [5, 5.41) is 17.2. The van der Waals surface area contributed by atoms with Gasteiger partial charge in [0.05, 0.1) is 6.07 Å². The van der Waals surface area contributed by atoms with Gasteiger partial charge in [-0.2, -0.15) is 10.4 Å². The smallest absolute Gasteiger partial charge is 0.272 e. The molecule has 68 valence electrons. The van der Waals surface area contributed by atoms with Crippen LogP contribution < -0.4 is 5.32 Å². The zero-order valence-electron chi connectivity index (χ0n) is 7.51. The number of nitriles is 1. The monoisotopic (exact) mass is 178 g/mol. The van der Waals surface area contributed by atoms with Crippen LogP contribution in [-0.2, 0) is 0 Å². The Balaban J connectivity index is 2.78. The Kier molecular flexibility index (Phi) is 2.65. The molecule has 0 atom stereocenters. The van der Waals surface area contributed by atoms with E-state index in [9.17, 15) is 4.79 Å². The van der Waals surface area contributed by atoms with Crippen molar-refractivity contribution in [3.63, 3.8) is 0 Å². The van der Waals surface area contributed by atoms with Gasteiger partial charge in [0.25, 0.3) is 5.91 Å². The Morgan fingerprint density at radius 2 is 2.38 bits per heavy atom. The first-order valence-electron chi connectivity index (χ1n) is 3.83. The highest BCUT2D eigenvalue weighted by Gasteiger charge is 2.12. The van der Waals surface area contributed by atoms with Crippen LogP contribution in [0.2, 0.25) is 0 Å². The molecule has 0 spiro atoms. The van der Waals surface area contributed by atoms with E-state index in [2.05, 4.69) is 15.5 Å². The Morgan fingerprint density at radius 3 is 2.85 bits per heavy atom. The molecule has 1 amide bonds. The molecule has 1 aromatic rings. The average molecular weight is 178 g/mol. The molecule has 5 nitrogen and oxygen atoms in total. The van der Waals surface area contributed by atoms with Crippen LogP contribution in [0.4, 0.5) is 0 Å².